The van der Waals surface area contributed by atoms with E-state index in [9.17, 15) is 9.18 Å². The van der Waals surface area contributed by atoms with Crippen LogP contribution in [0.2, 0.25) is 0 Å². The summed E-state index contributed by atoms with van der Waals surface area (Å²) in [5, 5.41) is 0. The number of hydrogen-bond acceptors (Lipinski definition) is 6. The highest BCUT2D eigenvalue weighted by Gasteiger charge is 2.20. The molecule has 3 aromatic rings. The lowest BCUT2D eigenvalue weighted by molar-refractivity contribution is 0.0777. The van der Waals surface area contributed by atoms with Gasteiger partial charge in [-0.05, 0) is 54.2 Å². The van der Waals surface area contributed by atoms with E-state index in [-0.39, 0.29) is 12.1 Å². The maximum absolute atomic E-state index is 14.9. The lowest BCUT2D eigenvalue weighted by Gasteiger charge is -2.23. The van der Waals surface area contributed by atoms with Gasteiger partial charge in [-0.2, -0.15) is 0 Å². The highest BCUT2D eigenvalue weighted by Crippen LogP contribution is 2.33. The minimum Gasteiger partial charge on any atom is -0.383 e. The number of carbonyl (C=O) groups excluding carboxylic acids is 1. The van der Waals surface area contributed by atoms with E-state index in [1.807, 2.05) is 6.07 Å². The molecule has 1 aliphatic heterocycles. The summed E-state index contributed by atoms with van der Waals surface area (Å²) in [6.07, 6.45) is 6.82. The van der Waals surface area contributed by atoms with Crippen LogP contribution in [0.3, 0.4) is 0 Å². The van der Waals surface area contributed by atoms with E-state index in [4.69, 9.17) is 10.5 Å². The summed E-state index contributed by atoms with van der Waals surface area (Å²) in [4.78, 5) is 26.6. The van der Waals surface area contributed by atoms with Crippen LogP contribution in [0.4, 0.5) is 10.2 Å². The Kier molecular flexibility index (Phi) is 6.18. The molecule has 1 fully saturated rings. The van der Waals surface area contributed by atoms with Crippen molar-refractivity contribution >= 4 is 11.7 Å². The number of nitrogens with two attached hydrogens (primary N) is 1. The first-order valence-corrected chi connectivity index (χ1v) is 10.2. The second-order valence-electron chi connectivity index (χ2n) is 7.61. The third-order valence-electron chi connectivity index (χ3n) is 5.49. The number of carbonyl (C=O) groups is 1. The Morgan fingerprint density at radius 3 is 2.65 bits per heavy atom. The smallest absolute Gasteiger partial charge is 0.256 e. The van der Waals surface area contributed by atoms with Gasteiger partial charge >= 0.3 is 0 Å². The van der Waals surface area contributed by atoms with Crippen LogP contribution in [0.1, 0.15) is 40.5 Å². The van der Waals surface area contributed by atoms with Gasteiger partial charge in [0.25, 0.3) is 5.91 Å². The summed E-state index contributed by atoms with van der Waals surface area (Å²) < 4.78 is 20.3. The van der Waals surface area contributed by atoms with E-state index < -0.39 is 11.7 Å². The molecule has 31 heavy (non-hydrogen) atoms. The summed E-state index contributed by atoms with van der Waals surface area (Å²) in [5.74, 6) is 0.102. The Balaban J connectivity index is 1.56. The van der Waals surface area contributed by atoms with Crippen LogP contribution in [-0.2, 0) is 11.3 Å². The van der Waals surface area contributed by atoms with Crippen LogP contribution in [0.15, 0.2) is 48.9 Å². The minimum atomic E-state index is -0.612. The van der Waals surface area contributed by atoms with Crippen molar-refractivity contribution in [3.05, 3.63) is 71.7 Å². The third kappa shape index (κ3) is 4.69. The fraction of sp³-hybridized carbons (Fsp3) is 0.304. The molecule has 2 aromatic heterocycles. The van der Waals surface area contributed by atoms with Gasteiger partial charge in [-0.3, -0.25) is 4.79 Å². The number of aromatic nitrogens is 3. The fourth-order valence-corrected chi connectivity index (χ4v) is 3.73. The number of benzene rings is 1. The Labute approximate surface area is 180 Å². The van der Waals surface area contributed by atoms with Crippen LogP contribution in [0, 0.1) is 5.82 Å². The summed E-state index contributed by atoms with van der Waals surface area (Å²) >= 11 is 0. The molecule has 0 saturated carbocycles. The maximum atomic E-state index is 14.9. The van der Waals surface area contributed by atoms with Crippen molar-refractivity contribution < 1.29 is 13.9 Å². The van der Waals surface area contributed by atoms with Gasteiger partial charge < -0.3 is 15.4 Å². The standard InChI is InChI=1S/C23H24FN5O2/c1-29(14-21-26-7-2-8-27-21)23(30)18-4-3-16(12-20(18)24)19-11-17(13-28-22(19)25)15-5-9-31-10-6-15/h2-4,7-8,11-13,15H,5-6,9-10,14H2,1H3,(H2,25,28). The first-order valence-electron chi connectivity index (χ1n) is 10.2. The van der Waals surface area contributed by atoms with Crippen molar-refractivity contribution in [2.45, 2.75) is 25.3 Å². The zero-order chi connectivity index (χ0) is 21.8. The average molecular weight is 421 g/mol. The Morgan fingerprint density at radius 1 is 1.19 bits per heavy atom. The summed E-state index contributed by atoms with van der Waals surface area (Å²) in [6.45, 7) is 1.62. The number of halogens is 1. The van der Waals surface area contributed by atoms with Gasteiger partial charge in [0.15, 0.2) is 0 Å². The number of nitrogen functional groups attached to an aromatic ring is 1. The number of nitrogens with zero attached hydrogens (tertiary/aromatic N) is 4. The van der Waals surface area contributed by atoms with Gasteiger partial charge in [0.2, 0.25) is 0 Å². The molecule has 0 spiro atoms. The lowest BCUT2D eigenvalue weighted by atomic mass is 9.91. The zero-order valence-electron chi connectivity index (χ0n) is 17.3. The largest absolute Gasteiger partial charge is 0.383 e. The summed E-state index contributed by atoms with van der Waals surface area (Å²) in [7, 11) is 1.59. The molecule has 0 radical (unpaired) electrons. The highest BCUT2D eigenvalue weighted by molar-refractivity contribution is 5.95. The van der Waals surface area contributed by atoms with Gasteiger partial charge in [-0.1, -0.05) is 6.07 Å². The zero-order valence-corrected chi connectivity index (χ0v) is 17.3. The van der Waals surface area contributed by atoms with E-state index in [0.29, 0.717) is 28.7 Å². The van der Waals surface area contributed by atoms with Crippen molar-refractivity contribution in [1.82, 2.24) is 19.9 Å². The van der Waals surface area contributed by atoms with Crippen molar-refractivity contribution in [3.8, 4) is 11.1 Å². The molecular weight excluding hydrogens is 397 g/mol. The van der Waals surface area contributed by atoms with Crippen LogP contribution in [-0.4, -0.2) is 46.0 Å². The van der Waals surface area contributed by atoms with Gasteiger partial charge in [-0.15, -0.1) is 0 Å². The predicted molar refractivity (Wildman–Crippen MR) is 115 cm³/mol. The second kappa shape index (κ2) is 9.18. The van der Waals surface area contributed by atoms with Gasteiger partial charge in [0.05, 0.1) is 12.1 Å². The molecule has 3 heterocycles. The molecule has 2 N–H and O–H groups in total. The summed E-state index contributed by atoms with van der Waals surface area (Å²) in [5.41, 5.74) is 8.38. The minimum absolute atomic E-state index is 0.0192. The van der Waals surface area contributed by atoms with Gasteiger partial charge in [0.1, 0.15) is 17.5 Å². The van der Waals surface area contributed by atoms with Crippen LogP contribution in [0.25, 0.3) is 11.1 Å². The van der Waals surface area contributed by atoms with Crippen molar-refractivity contribution in [2.24, 2.45) is 0 Å². The molecule has 1 saturated heterocycles. The number of hydrogen-bond donors (Lipinski definition) is 1. The molecule has 4 rings (SSSR count). The van der Waals surface area contributed by atoms with E-state index in [1.165, 1.54) is 17.0 Å². The number of anilines is 1. The van der Waals surface area contributed by atoms with Crippen molar-refractivity contribution in [3.63, 3.8) is 0 Å². The quantitative estimate of drug-likeness (QED) is 0.678. The Bertz CT molecular complexity index is 1070. The monoisotopic (exact) mass is 421 g/mol. The van der Waals surface area contributed by atoms with Crippen molar-refractivity contribution in [1.29, 1.82) is 0 Å². The number of amides is 1. The molecule has 1 aromatic carbocycles. The Morgan fingerprint density at radius 2 is 1.94 bits per heavy atom. The highest BCUT2D eigenvalue weighted by atomic mass is 19.1. The molecule has 7 nitrogen and oxygen atoms in total. The Hall–Kier alpha value is -3.39. The van der Waals surface area contributed by atoms with E-state index >= 15 is 0 Å². The normalized spacial score (nSPS) is 14.4. The van der Waals surface area contributed by atoms with Crippen LogP contribution < -0.4 is 5.73 Å². The topological polar surface area (TPSA) is 94.2 Å². The maximum Gasteiger partial charge on any atom is 0.256 e. The van der Waals surface area contributed by atoms with Crippen LogP contribution >= 0.6 is 0 Å². The fourth-order valence-electron chi connectivity index (χ4n) is 3.73. The average Bonchev–Trinajstić information content (AvgIpc) is 2.80. The molecule has 160 valence electrons. The first kappa shape index (κ1) is 20.9. The first-order chi connectivity index (χ1) is 15.0. The van der Waals surface area contributed by atoms with Gasteiger partial charge in [-0.25, -0.2) is 19.3 Å². The molecular formula is C23H24FN5O2. The van der Waals surface area contributed by atoms with E-state index in [1.54, 1.807) is 37.8 Å². The molecule has 1 amide bonds. The van der Waals surface area contributed by atoms with E-state index in [0.717, 1.165) is 31.6 Å². The number of pyridine rings is 1. The SMILES string of the molecule is CN(Cc1ncccn1)C(=O)c1ccc(-c2cc(C3CCOCC3)cnc2N)cc1F. The van der Waals surface area contributed by atoms with Crippen molar-refractivity contribution in [2.75, 3.05) is 26.0 Å². The number of rotatable bonds is 5. The number of ether oxygens (including phenoxy) is 1. The second-order valence-corrected chi connectivity index (χ2v) is 7.61. The summed E-state index contributed by atoms with van der Waals surface area (Å²) in [6, 6.07) is 8.18. The molecule has 0 atom stereocenters. The van der Waals surface area contributed by atoms with Gasteiger partial charge in [0, 0.05) is 44.4 Å². The molecule has 0 unspecified atom stereocenters. The predicted octanol–water partition coefficient (Wildman–Crippen LogP) is 3.43. The molecule has 1 aliphatic rings. The molecule has 0 bridgehead atoms. The lowest BCUT2D eigenvalue weighted by Crippen LogP contribution is -2.27. The third-order valence-corrected chi connectivity index (χ3v) is 5.49. The molecule has 0 aliphatic carbocycles. The van der Waals surface area contributed by atoms with E-state index in [2.05, 4.69) is 15.0 Å². The molecule has 8 heteroatoms. The van der Waals surface area contributed by atoms with Crippen LogP contribution in [0.5, 0.6) is 0 Å².